The quantitative estimate of drug-likeness (QED) is 0.109. The van der Waals surface area contributed by atoms with E-state index >= 15 is 0 Å². The highest BCUT2D eigenvalue weighted by Crippen LogP contribution is 2.30. The van der Waals surface area contributed by atoms with Crippen LogP contribution in [0.15, 0.2) is 122 Å². The molecule has 1 fully saturated rings. The largest absolute Gasteiger partial charge is 0.493 e. The molecule has 0 radical (unpaired) electrons. The molecule has 6 aromatic rings. The van der Waals surface area contributed by atoms with Gasteiger partial charge < -0.3 is 19.1 Å². The Morgan fingerprint density at radius 1 is 0.800 bits per heavy atom. The van der Waals surface area contributed by atoms with Gasteiger partial charge in [0.1, 0.15) is 23.9 Å². The lowest BCUT2D eigenvalue weighted by atomic mass is 10.1. The molecule has 9 nitrogen and oxygen atoms in total. The second kappa shape index (κ2) is 17.5. The number of aryl methyl sites for hydroxylation is 2. The van der Waals surface area contributed by atoms with Crippen LogP contribution >= 0.6 is 0 Å². The Morgan fingerprint density at radius 2 is 1.53 bits per heavy atom. The van der Waals surface area contributed by atoms with Crippen molar-refractivity contribution in [1.82, 2.24) is 19.8 Å². The van der Waals surface area contributed by atoms with Gasteiger partial charge in [0.25, 0.3) is 0 Å². The van der Waals surface area contributed by atoms with Crippen LogP contribution in [0.4, 0.5) is 0 Å². The molecule has 0 N–H and O–H groups in total. The Labute approximate surface area is 322 Å². The minimum atomic E-state index is 0.0212. The molecule has 1 amide bonds. The molecule has 3 heterocycles. The van der Waals surface area contributed by atoms with Crippen molar-refractivity contribution < 1.29 is 19.0 Å². The fourth-order valence-corrected chi connectivity index (χ4v) is 6.60. The summed E-state index contributed by atoms with van der Waals surface area (Å²) >= 11 is 0. The van der Waals surface area contributed by atoms with Crippen molar-refractivity contribution in [2.45, 2.75) is 33.4 Å². The van der Waals surface area contributed by atoms with Gasteiger partial charge in [0, 0.05) is 62.9 Å². The van der Waals surface area contributed by atoms with E-state index in [2.05, 4.69) is 45.2 Å². The van der Waals surface area contributed by atoms with Gasteiger partial charge in [-0.15, -0.1) is 0 Å². The van der Waals surface area contributed by atoms with E-state index in [1.807, 2.05) is 85.5 Å². The van der Waals surface area contributed by atoms with Crippen molar-refractivity contribution >= 4 is 22.9 Å². The van der Waals surface area contributed by atoms with Gasteiger partial charge >= 0.3 is 0 Å². The highest BCUT2D eigenvalue weighted by Gasteiger charge is 2.20. The van der Waals surface area contributed by atoms with Crippen molar-refractivity contribution in [3.63, 3.8) is 0 Å². The van der Waals surface area contributed by atoms with Gasteiger partial charge in [0.05, 0.1) is 30.0 Å². The molecule has 276 valence electrons. The first-order valence-electron chi connectivity index (χ1n) is 18.5. The fourth-order valence-electron chi connectivity index (χ4n) is 6.60. The van der Waals surface area contributed by atoms with Gasteiger partial charge in [-0.2, -0.15) is 5.26 Å². The average Bonchev–Trinajstić information content (AvgIpc) is 3.22. The summed E-state index contributed by atoms with van der Waals surface area (Å²) in [5, 5.41) is 10.0. The number of ether oxygens (including phenoxy) is 3. The van der Waals surface area contributed by atoms with Gasteiger partial charge in [-0.05, 0) is 108 Å². The predicted octanol–water partition coefficient (Wildman–Crippen LogP) is 8.47. The van der Waals surface area contributed by atoms with Crippen LogP contribution in [-0.4, -0.2) is 58.5 Å². The van der Waals surface area contributed by atoms with Gasteiger partial charge in [0.15, 0.2) is 0 Å². The summed E-state index contributed by atoms with van der Waals surface area (Å²) in [5.41, 5.74) is 7.89. The molecule has 55 heavy (non-hydrogen) atoms. The topological polar surface area (TPSA) is 101 Å². The molecular weight excluding hydrogens is 687 g/mol. The zero-order chi connectivity index (χ0) is 38.0. The summed E-state index contributed by atoms with van der Waals surface area (Å²) in [6.45, 7) is 8.88. The first-order chi connectivity index (χ1) is 26.9. The van der Waals surface area contributed by atoms with Gasteiger partial charge in [-0.25, -0.2) is 4.98 Å². The number of piperazine rings is 1. The number of fused-ring (bicyclic) bond motifs is 1. The lowest BCUT2D eigenvalue weighted by Crippen LogP contribution is -2.47. The van der Waals surface area contributed by atoms with Crippen molar-refractivity contribution in [1.29, 1.82) is 5.26 Å². The molecule has 7 rings (SSSR count). The van der Waals surface area contributed by atoms with E-state index in [0.717, 1.165) is 70.7 Å². The number of nitrogens with zero attached hydrogens (tertiary/aromatic N) is 5. The molecule has 0 bridgehead atoms. The molecule has 0 aliphatic carbocycles. The third-order valence-corrected chi connectivity index (χ3v) is 9.65. The van der Waals surface area contributed by atoms with E-state index < -0.39 is 0 Å². The van der Waals surface area contributed by atoms with Crippen LogP contribution < -0.4 is 14.2 Å². The molecule has 0 atom stereocenters. The number of carbonyl (C=O) groups is 1. The Morgan fingerprint density at radius 3 is 2.25 bits per heavy atom. The van der Waals surface area contributed by atoms with Crippen LogP contribution in [0.3, 0.4) is 0 Å². The summed E-state index contributed by atoms with van der Waals surface area (Å²) in [6, 6.07) is 35.8. The zero-order valence-corrected chi connectivity index (χ0v) is 31.2. The van der Waals surface area contributed by atoms with Crippen molar-refractivity contribution in [3.8, 4) is 29.2 Å². The Bertz CT molecular complexity index is 2280. The third-order valence-electron chi connectivity index (χ3n) is 9.65. The summed E-state index contributed by atoms with van der Waals surface area (Å²) in [4.78, 5) is 26.2. The molecular formula is C46H43N5O4. The van der Waals surface area contributed by atoms with Crippen molar-refractivity contribution in [3.05, 3.63) is 161 Å². The summed E-state index contributed by atoms with van der Waals surface area (Å²) in [7, 11) is 0. The third kappa shape index (κ3) is 9.93. The molecule has 1 aliphatic rings. The van der Waals surface area contributed by atoms with E-state index in [9.17, 15) is 4.79 Å². The predicted molar refractivity (Wildman–Crippen MR) is 214 cm³/mol. The molecule has 0 spiro atoms. The number of pyridine rings is 2. The van der Waals surface area contributed by atoms with E-state index in [1.54, 1.807) is 36.7 Å². The lowest BCUT2D eigenvalue weighted by molar-refractivity contribution is -0.127. The van der Waals surface area contributed by atoms with E-state index in [-0.39, 0.29) is 5.91 Å². The number of rotatable bonds is 13. The second-order valence-corrected chi connectivity index (χ2v) is 13.7. The molecule has 1 aliphatic heterocycles. The SMILES string of the molecule is Cc1cc(C=CC(=O)N2CCN(Cc3ccc(CCOc4ccc5ncccc5c4)cc3)CC2)cc(C)c1Oc1ccc(OCc2ccc(C#N)cc2)cn1. The summed E-state index contributed by atoms with van der Waals surface area (Å²) in [6.07, 6.45) is 7.82. The number of hydrogen-bond donors (Lipinski definition) is 0. The first kappa shape index (κ1) is 36.8. The number of aromatic nitrogens is 2. The fraction of sp³-hybridized carbons (Fsp3) is 0.217. The number of amides is 1. The van der Waals surface area contributed by atoms with Crippen molar-refractivity contribution in [2.75, 3.05) is 32.8 Å². The summed E-state index contributed by atoms with van der Waals surface area (Å²) < 4.78 is 18.0. The van der Waals surface area contributed by atoms with Gasteiger partial charge in [-0.3, -0.25) is 14.7 Å². The van der Waals surface area contributed by atoms with Crippen LogP contribution in [0, 0.1) is 25.2 Å². The van der Waals surface area contributed by atoms with Crippen LogP contribution in [0.5, 0.6) is 23.1 Å². The van der Waals surface area contributed by atoms with Crippen LogP contribution in [-0.2, 0) is 24.4 Å². The van der Waals surface area contributed by atoms with Crippen molar-refractivity contribution in [2.24, 2.45) is 0 Å². The van der Waals surface area contributed by atoms with Gasteiger partial charge in [-0.1, -0.05) is 42.5 Å². The Hall–Kier alpha value is -6.50. The highest BCUT2D eigenvalue weighted by molar-refractivity contribution is 5.92. The molecule has 0 unspecified atom stereocenters. The molecule has 1 saturated heterocycles. The summed E-state index contributed by atoms with van der Waals surface area (Å²) in [5.74, 6) is 2.70. The Kier molecular flexibility index (Phi) is 11.8. The second-order valence-electron chi connectivity index (χ2n) is 13.7. The first-order valence-corrected chi connectivity index (χ1v) is 18.5. The maximum absolute atomic E-state index is 13.1. The smallest absolute Gasteiger partial charge is 0.246 e. The van der Waals surface area contributed by atoms with E-state index in [0.29, 0.717) is 43.5 Å². The minimum absolute atomic E-state index is 0.0212. The molecule has 0 saturated carbocycles. The number of nitriles is 1. The number of hydrogen-bond acceptors (Lipinski definition) is 8. The van der Waals surface area contributed by atoms with Crippen LogP contribution in [0.2, 0.25) is 0 Å². The van der Waals surface area contributed by atoms with E-state index in [4.69, 9.17) is 19.5 Å². The Balaban J connectivity index is 0.835. The molecule has 2 aromatic heterocycles. The minimum Gasteiger partial charge on any atom is -0.493 e. The molecule has 9 heteroatoms. The average molecular weight is 730 g/mol. The van der Waals surface area contributed by atoms with E-state index in [1.165, 1.54) is 11.1 Å². The monoisotopic (exact) mass is 729 g/mol. The van der Waals surface area contributed by atoms with Crippen LogP contribution in [0.25, 0.3) is 17.0 Å². The standard InChI is InChI=1S/C46H43N5O4/c1-33-26-39(27-34(2)46(33)55-44-17-15-42(30-49-44)54-32-38-11-7-36(29-47)8-12-38)13-18-45(52)51-23-21-50(22-24-51)31-37-9-5-35(6-10-37)19-25-53-41-14-16-43-40(28-41)4-3-20-48-43/h3-18,20,26-28,30H,19,21-25,31-32H2,1-2H3. The molecule has 4 aromatic carbocycles. The lowest BCUT2D eigenvalue weighted by Gasteiger charge is -2.34. The normalized spacial score (nSPS) is 13.1. The van der Waals surface area contributed by atoms with Crippen LogP contribution in [0.1, 0.15) is 38.9 Å². The number of carbonyl (C=O) groups excluding carboxylic acids is 1. The zero-order valence-electron chi connectivity index (χ0n) is 31.2. The number of benzene rings is 4. The highest BCUT2D eigenvalue weighted by atomic mass is 16.5. The maximum atomic E-state index is 13.1. The maximum Gasteiger partial charge on any atom is 0.246 e. The van der Waals surface area contributed by atoms with Gasteiger partial charge in [0.2, 0.25) is 11.8 Å².